The summed E-state index contributed by atoms with van der Waals surface area (Å²) in [6, 6.07) is 3.53. The fourth-order valence-corrected chi connectivity index (χ4v) is 1.67. The molecule has 0 aliphatic carbocycles. The van der Waals surface area contributed by atoms with E-state index in [9.17, 15) is 9.18 Å². The van der Waals surface area contributed by atoms with E-state index in [0.717, 1.165) is 5.56 Å². The second-order valence-electron chi connectivity index (χ2n) is 4.17. The summed E-state index contributed by atoms with van der Waals surface area (Å²) >= 11 is 0. The van der Waals surface area contributed by atoms with Crippen molar-refractivity contribution in [2.45, 2.75) is 26.8 Å². The summed E-state index contributed by atoms with van der Waals surface area (Å²) in [4.78, 5) is 11.4. The summed E-state index contributed by atoms with van der Waals surface area (Å²) in [5.41, 5.74) is 2.16. The highest BCUT2D eigenvalue weighted by molar-refractivity contribution is 5.76. The first-order valence-electron chi connectivity index (χ1n) is 5.71. The van der Waals surface area contributed by atoms with Crippen molar-refractivity contribution in [3.8, 4) is 0 Å². The van der Waals surface area contributed by atoms with Crippen LogP contribution >= 0.6 is 0 Å². The standard InChI is InChI=1S/C13H19FN2O/c1-9-6-11(7-10(2)13(9)14)8-16-12(17)4-5-15-3/h6-7,15H,4-5,8H2,1-3H3,(H,16,17). The third kappa shape index (κ3) is 4.15. The van der Waals surface area contributed by atoms with Gasteiger partial charge >= 0.3 is 0 Å². The Kier molecular flexibility index (Phi) is 5.10. The number of halogens is 1. The van der Waals surface area contributed by atoms with Gasteiger partial charge in [-0.3, -0.25) is 4.79 Å². The van der Waals surface area contributed by atoms with Gasteiger partial charge in [-0.1, -0.05) is 12.1 Å². The molecule has 0 radical (unpaired) electrons. The van der Waals surface area contributed by atoms with Crippen molar-refractivity contribution in [1.29, 1.82) is 0 Å². The molecule has 17 heavy (non-hydrogen) atoms. The molecule has 0 heterocycles. The molecule has 2 N–H and O–H groups in total. The Hall–Kier alpha value is -1.42. The maximum atomic E-state index is 13.4. The van der Waals surface area contributed by atoms with Gasteiger partial charge in [0.1, 0.15) is 5.82 Å². The minimum absolute atomic E-state index is 0.000943. The lowest BCUT2D eigenvalue weighted by Crippen LogP contribution is -2.26. The van der Waals surface area contributed by atoms with Crippen LogP contribution < -0.4 is 10.6 Å². The zero-order valence-corrected chi connectivity index (χ0v) is 10.6. The van der Waals surface area contributed by atoms with Crippen molar-refractivity contribution < 1.29 is 9.18 Å². The third-order valence-electron chi connectivity index (χ3n) is 2.59. The number of rotatable bonds is 5. The number of nitrogens with one attached hydrogen (secondary N) is 2. The number of carbonyl (C=O) groups is 1. The third-order valence-corrected chi connectivity index (χ3v) is 2.59. The molecule has 1 rings (SSSR count). The van der Waals surface area contributed by atoms with Crippen LogP contribution in [-0.2, 0) is 11.3 Å². The maximum absolute atomic E-state index is 13.4. The predicted octanol–water partition coefficient (Wildman–Crippen LogP) is 1.67. The largest absolute Gasteiger partial charge is 0.352 e. The zero-order chi connectivity index (χ0) is 12.8. The Morgan fingerprint density at radius 2 is 1.88 bits per heavy atom. The van der Waals surface area contributed by atoms with Gasteiger partial charge < -0.3 is 10.6 Å². The Bertz CT molecular complexity index is 381. The van der Waals surface area contributed by atoms with E-state index in [1.165, 1.54) is 0 Å². The van der Waals surface area contributed by atoms with Gasteiger partial charge in [-0.05, 0) is 37.6 Å². The van der Waals surface area contributed by atoms with E-state index in [1.54, 1.807) is 33.0 Å². The molecule has 0 fully saturated rings. The minimum atomic E-state index is -0.171. The van der Waals surface area contributed by atoms with Gasteiger partial charge in [0.05, 0.1) is 0 Å². The topological polar surface area (TPSA) is 41.1 Å². The smallest absolute Gasteiger partial charge is 0.221 e. The second-order valence-corrected chi connectivity index (χ2v) is 4.17. The van der Waals surface area contributed by atoms with E-state index in [-0.39, 0.29) is 11.7 Å². The number of benzene rings is 1. The fraction of sp³-hybridized carbons (Fsp3) is 0.462. The molecule has 0 aliphatic rings. The summed E-state index contributed by atoms with van der Waals surface area (Å²) in [5.74, 6) is -0.172. The SMILES string of the molecule is CNCCC(=O)NCc1cc(C)c(F)c(C)c1. The van der Waals surface area contributed by atoms with Crippen LogP contribution in [0.2, 0.25) is 0 Å². The number of amides is 1. The van der Waals surface area contributed by atoms with Crippen LogP contribution in [-0.4, -0.2) is 19.5 Å². The molecule has 3 nitrogen and oxygen atoms in total. The summed E-state index contributed by atoms with van der Waals surface area (Å²) in [6.07, 6.45) is 0.454. The van der Waals surface area contributed by atoms with E-state index >= 15 is 0 Å². The highest BCUT2D eigenvalue weighted by Crippen LogP contribution is 2.14. The summed E-state index contributed by atoms with van der Waals surface area (Å²) in [6.45, 7) is 4.57. The Morgan fingerprint density at radius 1 is 1.29 bits per heavy atom. The van der Waals surface area contributed by atoms with E-state index in [0.29, 0.717) is 30.6 Å². The van der Waals surface area contributed by atoms with Crippen molar-refractivity contribution in [2.24, 2.45) is 0 Å². The molecule has 0 unspecified atom stereocenters. The van der Waals surface area contributed by atoms with Gasteiger partial charge in [0.2, 0.25) is 5.91 Å². The first-order valence-corrected chi connectivity index (χ1v) is 5.71. The van der Waals surface area contributed by atoms with Crippen molar-refractivity contribution in [2.75, 3.05) is 13.6 Å². The number of hydrogen-bond donors (Lipinski definition) is 2. The molecular weight excluding hydrogens is 219 g/mol. The molecule has 0 aliphatic heterocycles. The second kappa shape index (κ2) is 6.35. The van der Waals surface area contributed by atoms with E-state index in [4.69, 9.17) is 0 Å². The lowest BCUT2D eigenvalue weighted by molar-refractivity contribution is -0.121. The molecule has 0 aromatic heterocycles. The molecule has 0 saturated heterocycles. The van der Waals surface area contributed by atoms with Crippen LogP contribution in [0.4, 0.5) is 4.39 Å². The van der Waals surface area contributed by atoms with Crippen LogP contribution in [0.15, 0.2) is 12.1 Å². The predicted molar refractivity (Wildman–Crippen MR) is 66.3 cm³/mol. The molecular formula is C13H19FN2O. The van der Waals surface area contributed by atoms with Crippen LogP contribution in [0.3, 0.4) is 0 Å². The Labute approximate surface area is 101 Å². The molecule has 0 atom stereocenters. The molecule has 4 heteroatoms. The van der Waals surface area contributed by atoms with Crippen molar-refractivity contribution >= 4 is 5.91 Å². The van der Waals surface area contributed by atoms with Gasteiger partial charge in [-0.15, -0.1) is 0 Å². The first-order chi connectivity index (χ1) is 8.04. The highest BCUT2D eigenvalue weighted by atomic mass is 19.1. The average molecular weight is 238 g/mol. The quantitative estimate of drug-likeness (QED) is 0.819. The van der Waals surface area contributed by atoms with Crippen LogP contribution in [0, 0.1) is 19.7 Å². The number of carbonyl (C=O) groups excluding carboxylic acids is 1. The van der Waals surface area contributed by atoms with Crippen LogP contribution in [0.5, 0.6) is 0 Å². The van der Waals surface area contributed by atoms with Gasteiger partial charge in [0.15, 0.2) is 0 Å². The fourth-order valence-electron chi connectivity index (χ4n) is 1.67. The molecule has 0 bridgehead atoms. The van der Waals surface area contributed by atoms with Gasteiger partial charge in [0.25, 0.3) is 0 Å². The van der Waals surface area contributed by atoms with E-state index in [2.05, 4.69) is 10.6 Å². The first kappa shape index (κ1) is 13.6. The Morgan fingerprint density at radius 3 is 2.41 bits per heavy atom. The monoisotopic (exact) mass is 238 g/mol. The molecule has 94 valence electrons. The number of aryl methyl sites for hydroxylation is 2. The highest BCUT2D eigenvalue weighted by Gasteiger charge is 2.05. The zero-order valence-electron chi connectivity index (χ0n) is 10.6. The molecule has 1 aromatic rings. The Balaban J connectivity index is 2.55. The van der Waals surface area contributed by atoms with Gasteiger partial charge in [-0.2, -0.15) is 0 Å². The lowest BCUT2D eigenvalue weighted by Gasteiger charge is -2.08. The van der Waals surface area contributed by atoms with Crippen molar-refractivity contribution in [1.82, 2.24) is 10.6 Å². The van der Waals surface area contributed by atoms with Crippen LogP contribution in [0.1, 0.15) is 23.1 Å². The maximum Gasteiger partial charge on any atom is 0.221 e. The summed E-state index contributed by atoms with van der Waals surface area (Å²) in [5, 5.41) is 5.72. The van der Waals surface area contributed by atoms with Crippen LogP contribution in [0.25, 0.3) is 0 Å². The van der Waals surface area contributed by atoms with Crippen molar-refractivity contribution in [3.05, 3.63) is 34.6 Å². The minimum Gasteiger partial charge on any atom is -0.352 e. The number of hydrogen-bond acceptors (Lipinski definition) is 2. The van der Waals surface area contributed by atoms with E-state index in [1.807, 2.05) is 0 Å². The normalized spacial score (nSPS) is 10.4. The van der Waals surface area contributed by atoms with Crippen molar-refractivity contribution in [3.63, 3.8) is 0 Å². The summed E-state index contributed by atoms with van der Waals surface area (Å²) < 4.78 is 13.4. The average Bonchev–Trinajstić information content (AvgIpc) is 2.30. The summed E-state index contributed by atoms with van der Waals surface area (Å²) in [7, 11) is 1.81. The molecule has 1 amide bonds. The molecule has 0 saturated carbocycles. The van der Waals surface area contributed by atoms with Gasteiger partial charge in [0, 0.05) is 19.5 Å². The van der Waals surface area contributed by atoms with E-state index < -0.39 is 0 Å². The lowest BCUT2D eigenvalue weighted by atomic mass is 10.1. The van der Waals surface area contributed by atoms with Gasteiger partial charge in [-0.25, -0.2) is 4.39 Å². The molecule has 1 aromatic carbocycles. The molecule has 0 spiro atoms.